The number of ether oxygens (including phenoxy) is 1. The number of hydrogen-bond acceptors (Lipinski definition) is 3. The molecule has 4 heteroatoms. The summed E-state index contributed by atoms with van der Waals surface area (Å²) in [6.07, 6.45) is 1.32. The molecule has 1 aliphatic rings. The lowest BCUT2D eigenvalue weighted by molar-refractivity contribution is -0.136. The Kier molecular flexibility index (Phi) is 3.69. The molecule has 1 fully saturated rings. The van der Waals surface area contributed by atoms with Gasteiger partial charge in [-0.05, 0) is 26.7 Å². The molecular formula is C9H18N2O2. The molecular weight excluding hydrogens is 168 g/mol. The molecule has 0 bridgehead atoms. The minimum atomic E-state index is -0.290. The predicted molar refractivity (Wildman–Crippen MR) is 50.2 cm³/mol. The van der Waals surface area contributed by atoms with E-state index in [0.717, 1.165) is 12.8 Å². The first-order valence-corrected chi connectivity index (χ1v) is 4.77. The average Bonchev–Trinajstić information content (AvgIpc) is 2.04. The number of rotatable bonds is 2. The highest BCUT2D eigenvalue weighted by Gasteiger charge is 2.25. The smallest absolute Gasteiger partial charge is 0.249 e. The van der Waals surface area contributed by atoms with Crippen molar-refractivity contribution in [2.45, 2.75) is 44.9 Å². The summed E-state index contributed by atoms with van der Waals surface area (Å²) < 4.78 is 5.32. The zero-order chi connectivity index (χ0) is 9.84. The number of nitrogens with one attached hydrogen (secondary N) is 1. The molecule has 2 atom stereocenters. The van der Waals surface area contributed by atoms with Crippen LogP contribution < -0.4 is 11.1 Å². The van der Waals surface area contributed by atoms with Crippen LogP contribution >= 0.6 is 0 Å². The Morgan fingerprint density at radius 1 is 1.54 bits per heavy atom. The van der Waals surface area contributed by atoms with Crippen LogP contribution in [0.3, 0.4) is 0 Å². The fourth-order valence-electron chi connectivity index (χ4n) is 1.36. The highest BCUT2D eigenvalue weighted by atomic mass is 16.5. The maximum Gasteiger partial charge on any atom is 0.249 e. The minimum absolute atomic E-state index is 0.0121. The van der Waals surface area contributed by atoms with Gasteiger partial charge in [-0.1, -0.05) is 0 Å². The van der Waals surface area contributed by atoms with Gasteiger partial charge in [0.15, 0.2) is 0 Å². The summed E-state index contributed by atoms with van der Waals surface area (Å²) in [4.78, 5) is 11.4. The number of carbonyl (C=O) groups is 1. The summed E-state index contributed by atoms with van der Waals surface area (Å²) >= 11 is 0. The fourth-order valence-corrected chi connectivity index (χ4v) is 1.36. The Balaban J connectivity index is 2.31. The van der Waals surface area contributed by atoms with Crippen LogP contribution in [0.5, 0.6) is 0 Å². The summed E-state index contributed by atoms with van der Waals surface area (Å²) in [6.45, 7) is 4.37. The second-order valence-corrected chi connectivity index (χ2v) is 3.82. The SMILES string of the molecule is CC(C)NC(=O)[C@@H]1CC[C@@H](N)CO1. The number of amides is 1. The van der Waals surface area contributed by atoms with E-state index in [-0.39, 0.29) is 24.1 Å². The first-order chi connectivity index (χ1) is 6.09. The van der Waals surface area contributed by atoms with Crippen LogP contribution in [0.25, 0.3) is 0 Å². The van der Waals surface area contributed by atoms with Gasteiger partial charge in [-0.2, -0.15) is 0 Å². The second kappa shape index (κ2) is 4.58. The van der Waals surface area contributed by atoms with E-state index >= 15 is 0 Å². The summed E-state index contributed by atoms with van der Waals surface area (Å²) in [5.74, 6) is -0.0121. The summed E-state index contributed by atoms with van der Waals surface area (Å²) in [5.41, 5.74) is 5.64. The van der Waals surface area contributed by atoms with Gasteiger partial charge in [0.05, 0.1) is 6.61 Å². The third-order valence-electron chi connectivity index (χ3n) is 2.03. The van der Waals surface area contributed by atoms with Crippen LogP contribution in [0.1, 0.15) is 26.7 Å². The standard InChI is InChI=1S/C9H18N2O2/c1-6(2)11-9(12)8-4-3-7(10)5-13-8/h6-8H,3-5,10H2,1-2H3,(H,11,12)/t7-,8+/m1/s1. The first kappa shape index (κ1) is 10.5. The van der Waals surface area contributed by atoms with Crippen LogP contribution in [0.2, 0.25) is 0 Å². The van der Waals surface area contributed by atoms with Crippen molar-refractivity contribution in [2.75, 3.05) is 6.61 Å². The van der Waals surface area contributed by atoms with Crippen LogP contribution in [0.4, 0.5) is 0 Å². The molecule has 1 amide bonds. The topological polar surface area (TPSA) is 64.4 Å². The third-order valence-corrected chi connectivity index (χ3v) is 2.03. The zero-order valence-electron chi connectivity index (χ0n) is 8.25. The Morgan fingerprint density at radius 2 is 2.23 bits per heavy atom. The Bertz CT molecular complexity index is 174. The van der Waals surface area contributed by atoms with Crippen molar-refractivity contribution in [3.8, 4) is 0 Å². The number of hydrogen-bond donors (Lipinski definition) is 2. The maximum atomic E-state index is 11.4. The van der Waals surface area contributed by atoms with Gasteiger partial charge in [0.25, 0.3) is 0 Å². The molecule has 1 saturated heterocycles. The van der Waals surface area contributed by atoms with Crippen LogP contribution in [-0.2, 0) is 9.53 Å². The number of nitrogens with two attached hydrogens (primary N) is 1. The molecule has 1 aliphatic heterocycles. The molecule has 0 aliphatic carbocycles. The molecule has 0 unspecified atom stereocenters. The largest absolute Gasteiger partial charge is 0.367 e. The van der Waals surface area contributed by atoms with Gasteiger partial charge in [-0.25, -0.2) is 0 Å². The summed E-state index contributed by atoms with van der Waals surface area (Å²) in [7, 11) is 0. The summed E-state index contributed by atoms with van der Waals surface area (Å²) in [6, 6.07) is 0.273. The van der Waals surface area contributed by atoms with Gasteiger partial charge < -0.3 is 15.8 Å². The molecule has 76 valence electrons. The van der Waals surface area contributed by atoms with Gasteiger partial charge in [0.2, 0.25) is 5.91 Å². The van der Waals surface area contributed by atoms with Crippen molar-refractivity contribution >= 4 is 5.91 Å². The van der Waals surface area contributed by atoms with Gasteiger partial charge in [0.1, 0.15) is 6.10 Å². The molecule has 0 aromatic rings. The number of carbonyl (C=O) groups excluding carboxylic acids is 1. The zero-order valence-corrected chi connectivity index (χ0v) is 8.25. The van der Waals surface area contributed by atoms with Gasteiger partial charge in [0, 0.05) is 12.1 Å². The second-order valence-electron chi connectivity index (χ2n) is 3.82. The van der Waals surface area contributed by atoms with E-state index in [1.54, 1.807) is 0 Å². The fraction of sp³-hybridized carbons (Fsp3) is 0.889. The third kappa shape index (κ3) is 3.32. The first-order valence-electron chi connectivity index (χ1n) is 4.77. The van der Waals surface area contributed by atoms with Gasteiger partial charge >= 0.3 is 0 Å². The van der Waals surface area contributed by atoms with Crippen molar-refractivity contribution in [1.29, 1.82) is 0 Å². The molecule has 0 spiro atoms. The molecule has 0 aromatic carbocycles. The lowest BCUT2D eigenvalue weighted by atomic mass is 10.1. The van der Waals surface area contributed by atoms with Crippen molar-refractivity contribution in [3.63, 3.8) is 0 Å². The Labute approximate surface area is 78.8 Å². The van der Waals surface area contributed by atoms with Gasteiger partial charge in [-0.15, -0.1) is 0 Å². The molecule has 0 aromatic heterocycles. The molecule has 3 N–H and O–H groups in total. The van der Waals surface area contributed by atoms with E-state index in [2.05, 4.69) is 5.32 Å². The van der Waals surface area contributed by atoms with Crippen LogP contribution in [0, 0.1) is 0 Å². The van der Waals surface area contributed by atoms with Crippen LogP contribution in [-0.4, -0.2) is 30.7 Å². The molecule has 4 nitrogen and oxygen atoms in total. The van der Waals surface area contributed by atoms with E-state index in [4.69, 9.17) is 10.5 Å². The summed E-state index contributed by atoms with van der Waals surface area (Å²) in [5, 5.41) is 2.82. The van der Waals surface area contributed by atoms with Crippen molar-refractivity contribution < 1.29 is 9.53 Å². The molecule has 1 rings (SSSR count). The molecule has 0 radical (unpaired) electrons. The van der Waals surface area contributed by atoms with Gasteiger partial charge in [-0.3, -0.25) is 4.79 Å². The lowest BCUT2D eigenvalue weighted by Crippen LogP contribution is -2.45. The Hall–Kier alpha value is -0.610. The van der Waals surface area contributed by atoms with Crippen molar-refractivity contribution in [3.05, 3.63) is 0 Å². The van der Waals surface area contributed by atoms with E-state index in [1.165, 1.54) is 0 Å². The van der Waals surface area contributed by atoms with E-state index < -0.39 is 0 Å². The van der Waals surface area contributed by atoms with E-state index in [0.29, 0.717) is 6.61 Å². The molecule has 1 heterocycles. The molecule has 13 heavy (non-hydrogen) atoms. The van der Waals surface area contributed by atoms with Crippen molar-refractivity contribution in [2.24, 2.45) is 5.73 Å². The minimum Gasteiger partial charge on any atom is -0.367 e. The van der Waals surface area contributed by atoms with Crippen LogP contribution in [0.15, 0.2) is 0 Å². The quantitative estimate of drug-likeness (QED) is 0.639. The highest BCUT2D eigenvalue weighted by Crippen LogP contribution is 2.12. The lowest BCUT2D eigenvalue weighted by Gasteiger charge is -2.26. The normalized spacial score (nSPS) is 28.9. The maximum absolute atomic E-state index is 11.4. The van der Waals surface area contributed by atoms with E-state index in [1.807, 2.05) is 13.8 Å². The highest BCUT2D eigenvalue weighted by molar-refractivity contribution is 5.81. The van der Waals surface area contributed by atoms with E-state index in [9.17, 15) is 4.79 Å². The predicted octanol–water partition coefficient (Wildman–Crippen LogP) is 0.0173. The van der Waals surface area contributed by atoms with Crippen molar-refractivity contribution in [1.82, 2.24) is 5.32 Å². The monoisotopic (exact) mass is 186 g/mol. The molecule has 0 saturated carbocycles. The Morgan fingerprint density at radius 3 is 2.69 bits per heavy atom. The average molecular weight is 186 g/mol.